The third-order valence-electron chi connectivity index (χ3n) is 5.38. The zero-order chi connectivity index (χ0) is 21.8. The van der Waals surface area contributed by atoms with E-state index in [2.05, 4.69) is 5.32 Å². The van der Waals surface area contributed by atoms with Crippen LogP contribution in [-0.2, 0) is 22.6 Å². The van der Waals surface area contributed by atoms with Crippen LogP contribution in [0.25, 0.3) is 0 Å². The Balaban J connectivity index is 1.38. The number of benzene rings is 2. The molecule has 0 radical (unpaired) electrons. The summed E-state index contributed by atoms with van der Waals surface area (Å²) in [5, 5.41) is 2.87. The summed E-state index contributed by atoms with van der Waals surface area (Å²) in [7, 11) is 3.17. The van der Waals surface area contributed by atoms with Gasteiger partial charge in [-0.3, -0.25) is 9.59 Å². The second-order valence-electron chi connectivity index (χ2n) is 7.41. The van der Waals surface area contributed by atoms with Crippen molar-refractivity contribution < 1.29 is 23.5 Å². The van der Waals surface area contributed by atoms with E-state index in [4.69, 9.17) is 13.9 Å². The summed E-state index contributed by atoms with van der Waals surface area (Å²) >= 11 is 0. The van der Waals surface area contributed by atoms with Crippen molar-refractivity contribution in [3.63, 3.8) is 0 Å². The molecule has 1 saturated heterocycles. The first-order valence-electron chi connectivity index (χ1n) is 9.98. The molecule has 0 bridgehead atoms. The van der Waals surface area contributed by atoms with Crippen molar-refractivity contribution in [3.8, 4) is 11.5 Å². The van der Waals surface area contributed by atoms with Crippen LogP contribution >= 0.6 is 0 Å². The molecule has 1 aromatic heterocycles. The van der Waals surface area contributed by atoms with Crippen molar-refractivity contribution in [2.24, 2.45) is 0 Å². The van der Waals surface area contributed by atoms with E-state index in [0.29, 0.717) is 35.8 Å². The van der Waals surface area contributed by atoms with E-state index in [9.17, 15) is 9.59 Å². The molecule has 2 amide bonds. The first-order valence-corrected chi connectivity index (χ1v) is 9.98. The summed E-state index contributed by atoms with van der Waals surface area (Å²) in [6.45, 7) is 1.03. The summed E-state index contributed by atoms with van der Waals surface area (Å²) in [4.78, 5) is 26.9. The molecule has 0 spiro atoms. The van der Waals surface area contributed by atoms with Gasteiger partial charge in [0.1, 0.15) is 6.26 Å². The summed E-state index contributed by atoms with van der Waals surface area (Å²) in [6.07, 6.45) is 3.27. The maximum absolute atomic E-state index is 12.8. The van der Waals surface area contributed by atoms with Crippen molar-refractivity contribution in [1.82, 2.24) is 4.90 Å². The summed E-state index contributed by atoms with van der Waals surface area (Å²) in [6, 6.07) is 15.1. The van der Waals surface area contributed by atoms with Gasteiger partial charge >= 0.3 is 0 Å². The Hall–Kier alpha value is -3.74. The predicted octanol–water partition coefficient (Wildman–Crippen LogP) is 3.60. The van der Waals surface area contributed by atoms with Gasteiger partial charge in [0, 0.05) is 18.7 Å². The minimum atomic E-state index is -0.328. The molecule has 0 aliphatic carbocycles. The van der Waals surface area contributed by atoms with Gasteiger partial charge in [0.05, 0.1) is 38.5 Å². The van der Waals surface area contributed by atoms with Crippen LogP contribution in [0.1, 0.15) is 22.6 Å². The van der Waals surface area contributed by atoms with E-state index in [1.807, 2.05) is 48.5 Å². The maximum atomic E-state index is 12.8. The monoisotopic (exact) mass is 420 g/mol. The molecular formula is C24H24N2O5. The first-order chi connectivity index (χ1) is 15.1. The van der Waals surface area contributed by atoms with Gasteiger partial charge in [-0.05, 0) is 23.3 Å². The number of likely N-dealkylation sites (tertiary alicyclic amines) is 1. The molecule has 1 N–H and O–H groups in total. The third kappa shape index (κ3) is 4.40. The first kappa shape index (κ1) is 20.5. The minimum Gasteiger partial charge on any atom is -0.493 e. The largest absolute Gasteiger partial charge is 0.493 e. The molecule has 4 rings (SSSR count). The number of furan rings is 1. The number of carbonyl (C=O) groups is 2. The molecule has 160 valence electrons. The molecule has 1 unspecified atom stereocenters. The average molecular weight is 420 g/mol. The van der Waals surface area contributed by atoms with Gasteiger partial charge in [0.25, 0.3) is 0 Å². The maximum Gasteiger partial charge on any atom is 0.232 e. The Morgan fingerprint density at radius 3 is 2.55 bits per heavy atom. The number of hydrogen-bond donors (Lipinski definition) is 1. The fraction of sp³-hybridized carbons (Fsp3) is 0.250. The summed E-state index contributed by atoms with van der Waals surface area (Å²) < 4.78 is 15.9. The number of carbonyl (C=O) groups excluding carboxylic acids is 2. The van der Waals surface area contributed by atoms with E-state index in [-0.39, 0.29) is 24.2 Å². The van der Waals surface area contributed by atoms with Crippen molar-refractivity contribution >= 4 is 17.5 Å². The van der Waals surface area contributed by atoms with Crippen LogP contribution < -0.4 is 14.8 Å². The number of rotatable bonds is 8. The van der Waals surface area contributed by atoms with Crippen LogP contribution in [0.5, 0.6) is 11.5 Å². The number of methoxy groups -OCH3 is 2. The Labute approximate surface area is 180 Å². The van der Waals surface area contributed by atoms with E-state index in [0.717, 1.165) is 11.1 Å². The number of amides is 2. The highest BCUT2D eigenvalue weighted by molar-refractivity contribution is 5.96. The lowest BCUT2D eigenvalue weighted by Gasteiger charge is -2.38. The molecule has 1 fully saturated rings. The van der Waals surface area contributed by atoms with Crippen molar-refractivity contribution in [1.29, 1.82) is 0 Å². The van der Waals surface area contributed by atoms with Crippen LogP contribution in [0.4, 0.5) is 5.69 Å². The molecule has 1 aliphatic heterocycles. The zero-order valence-corrected chi connectivity index (χ0v) is 17.5. The molecule has 1 atom stereocenters. The van der Waals surface area contributed by atoms with Crippen LogP contribution in [0.3, 0.4) is 0 Å². The molecular weight excluding hydrogens is 396 g/mol. The minimum absolute atomic E-state index is 0.00487. The van der Waals surface area contributed by atoms with E-state index in [1.165, 1.54) is 12.5 Å². The van der Waals surface area contributed by atoms with Gasteiger partial charge in [-0.25, -0.2) is 0 Å². The Bertz CT molecular complexity index is 1080. The van der Waals surface area contributed by atoms with Gasteiger partial charge in [-0.2, -0.15) is 0 Å². The quantitative estimate of drug-likeness (QED) is 0.563. The molecule has 7 nitrogen and oxygen atoms in total. The summed E-state index contributed by atoms with van der Waals surface area (Å²) in [5.41, 5.74) is 3.12. The fourth-order valence-electron chi connectivity index (χ4n) is 3.72. The molecule has 0 saturated carbocycles. The van der Waals surface area contributed by atoms with Gasteiger partial charge in [-0.15, -0.1) is 0 Å². The lowest BCUT2D eigenvalue weighted by atomic mass is 9.90. The second kappa shape index (κ2) is 8.95. The molecule has 2 aromatic carbocycles. The van der Waals surface area contributed by atoms with Gasteiger partial charge in [-0.1, -0.05) is 36.4 Å². The van der Waals surface area contributed by atoms with E-state index < -0.39 is 0 Å². The van der Waals surface area contributed by atoms with Gasteiger partial charge in [0.2, 0.25) is 11.8 Å². The van der Waals surface area contributed by atoms with Crippen molar-refractivity contribution in [2.75, 3.05) is 26.1 Å². The number of nitrogens with one attached hydrogen (secondary N) is 1. The van der Waals surface area contributed by atoms with Crippen molar-refractivity contribution in [2.45, 2.75) is 18.9 Å². The highest BCUT2D eigenvalue weighted by Crippen LogP contribution is 2.36. The Kier molecular flexibility index (Phi) is 5.93. The van der Waals surface area contributed by atoms with Gasteiger partial charge < -0.3 is 24.1 Å². The molecule has 31 heavy (non-hydrogen) atoms. The highest BCUT2D eigenvalue weighted by atomic mass is 16.5. The highest BCUT2D eigenvalue weighted by Gasteiger charge is 2.40. The standard InChI is InChI=1S/C24H24N2O5/c1-29-21-9-8-17(10-22(21)30-2)12-26-13-18(24(26)28)19-14-31-15-20(19)25-23(27)11-16-6-4-3-5-7-16/h3-10,14-15,18H,11-13H2,1-2H3,(H,25,27). The number of anilines is 1. The Morgan fingerprint density at radius 1 is 1.06 bits per heavy atom. The molecule has 7 heteroatoms. The lowest BCUT2D eigenvalue weighted by Crippen LogP contribution is -2.50. The molecule has 2 heterocycles. The van der Waals surface area contributed by atoms with E-state index >= 15 is 0 Å². The van der Waals surface area contributed by atoms with Crippen LogP contribution in [-0.4, -0.2) is 37.5 Å². The van der Waals surface area contributed by atoms with Gasteiger partial charge in [0.15, 0.2) is 11.5 Å². The topological polar surface area (TPSA) is 81.0 Å². The summed E-state index contributed by atoms with van der Waals surface area (Å²) in [5.74, 6) is 0.791. The number of nitrogens with zero attached hydrogens (tertiary/aromatic N) is 1. The lowest BCUT2D eigenvalue weighted by molar-refractivity contribution is -0.143. The number of hydrogen-bond acceptors (Lipinski definition) is 5. The predicted molar refractivity (Wildman–Crippen MR) is 115 cm³/mol. The van der Waals surface area contributed by atoms with E-state index in [1.54, 1.807) is 19.1 Å². The third-order valence-corrected chi connectivity index (χ3v) is 5.38. The number of β-lactam (4-membered cyclic amide) rings is 1. The zero-order valence-electron chi connectivity index (χ0n) is 17.5. The van der Waals surface area contributed by atoms with Crippen molar-refractivity contribution in [3.05, 3.63) is 77.7 Å². The van der Waals surface area contributed by atoms with Crippen LogP contribution in [0.15, 0.2) is 65.5 Å². The Morgan fingerprint density at radius 2 is 1.84 bits per heavy atom. The van der Waals surface area contributed by atoms with Crippen LogP contribution in [0, 0.1) is 0 Å². The fourth-order valence-corrected chi connectivity index (χ4v) is 3.72. The molecule has 1 aliphatic rings. The normalized spacial score (nSPS) is 15.4. The second-order valence-corrected chi connectivity index (χ2v) is 7.41. The number of ether oxygens (including phenoxy) is 2. The van der Waals surface area contributed by atoms with Crippen LogP contribution in [0.2, 0.25) is 0 Å². The average Bonchev–Trinajstić information content (AvgIpc) is 3.23. The SMILES string of the molecule is COc1ccc(CN2CC(c3cocc3NC(=O)Cc3ccccc3)C2=O)cc1OC. The molecule has 3 aromatic rings. The smallest absolute Gasteiger partial charge is 0.232 e.